The molecule has 27 heavy (non-hydrogen) atoms. The third kappa shape index (κ3) is 3.84. The lowest BCUT2D eigenvalue weighted by atomic mass is 10.1. The van der Waals surface area contributed by atoms with Gasteiger partial charge in [-0.3, -0.25) is 4.79 Å². The Morgan fingerprint density at radius 1 is 1.00 bits per heavy atom. The number of aryl methyl sites for hydroxylation is 1. The summed E-state index contributed by atoms with van der Waals surface area (Å²) in [6.07, 6.45) is 0.720. The maximum absolute atomic E-state index is 12.5. The van der Waals surface area contributed by atoms with Crippen LogP contribution in [0.5, 0.6) is 17.2 Å². The van der Waals surface area contributed by atoms with E-state index in [1.165, 1.54) is 5.56 Å². The van der Waals surface area contributed by atoms with Crippen LogP contribution in [0.2, 0.25) is 0 Å². The standard InChI is InChI=1S/C21H24N2O4/c1-13-16(17-12-15(25-2)6-7-18(17)23-13)9-10-22-21(24)14-5-8-19(26-3)20(11-14)27-4/h5-8,11-12,23H,9-10H2,1-4H3,(H,22,24). The molecule has 0 saturated carbocycles. The summed E-state index contributed by atoms with van der Waals surface area (Å²) in [6.45, 7) is 2.57. The predicted octanol–water partition coefficient (Wildman–Crippen LogP) is 3.47. The topological polar surface area (TPSA) is 72.6 Å². The molecule has 6 nitrogen and oxygen atoms in total. The molecule has 3 aromatic rings. The second-order valence-electron chi connectivity index (χ2n) is 6.22. The van der Waals surface area contributed by atoms with Crippen molar-refractivity contribution in [1.82, 2.24) is 10.3 Å². The number of hydrogen-bond acceptors (Lipinski definition) is 4. The molecule has 0 bridgehead atoms. The van der Waals surface area contributed by atoms with E-state index in [1.54, 1.807) is 39.5 Å². The summed E-state index contributed by atoms with van der Waals surface area (Å²) in [5, 5.41) is 4.08. The first-order valence-corrected chi connectivity index (χ1v) is 8.72. The van der Waals surface area contributed by atoms with Crippen molar-refractivity contribution in [2.24, 2.45) is 0 Å². The highest BCUT2D eigenvalue weighted by Gasteiger charge is 2.12. The van der Waals surface area contributed by atoms with Crippen LogP contribution in [0, 0.1) is 6.92 Å². The van der Waals surface area contributed by atoms with Crippen LogP contribution in [0.15, 0.2) is 36.4 Å². The SMILES string of the molecule is COc1ccc2[nH]c(C)c(CCNC(=O)c3ccc(OC)c(OC)c3)c2c1. The summed E-state index contributed by atoms with van der Waals surface area (Å²) in [7, 11) is 4.77. The van der Waals surface area contributed by atoms with Gasteiger partial charge in [-0.05, 0) is 55.3 Å². The number of carbonyl (C=O) groups excluding carboxylic acids is 1. The Morgan fingerprint density at radius 3 is 2.48 bits per heavy atom. The number of benzene rings is 2. The molecule has 0 aliphatic heterocycles. The number of rotatable bonds is 7. The maximum atomic E-state index is 12.5. The maximum Gasteiger partial charge on any atom is 0.251 e. The van der Waals surface area contributed by atoms with Gasteiger partial charge in [0.2, 0.25) is 0 Å². The zero-order valence-electron chi connectivity index (χ0n) is 16.0. The van der Waals surface area contributed by atoms with Crippen molar-refractivity contribution in [2.45, 2.75) is 13.3 Å². The molecule has 1 amide bonds. The third-order valence-electron chi connectivity index (χ3n) is 4.63. The fourth-order valence-corrected chi connectivity index (χ4v) is 3.19. The molecule has 1 heterocycles. The number of H-pyrrole nitrogens is 1. The Balaban J connectivity index is 1.70. The fraction of sp³-hybridized carbons (Fsp3) is 0.286. The minimum absolute atomic E-state index is 0.147. The average molecular weight is 368 g/mol. The minimum atomic E-state index is -0.147. The molecule has 6 heteroatoms. The van der Waals surface area contributed by atoms with E-state index in [2.05, 4.69) is 10.3 Å². The Morgan fingerprint density at radius 2 is 1.78 bits per heavy atom. The number of hydrogen-bond donors (Lipinski definition) is 2. The molecule has 0 spiro atoms. The molecule has 0 fully saturated rings. The first-order valence-electron chi connectivity index (χ1n) is 8.72. The van der Waals surface area contributed by atoms with Crippen molar-refractivity contribution in [3.8, 4) is 17.2 Å². The second kappa shape index (κ2) is 8.03. The molecule has 0 radical (unpaired) electrons. The largest absolute Gasteiger partial charge is 0.497 e. The highest BCUT2D eigenvalue weighted by atomic mass is 16.5. The summed E-state index contributed by atoms with van der Waals surface area (Å²) in [5.74, 6) is 1.80. The van der Waals surface area contributed by atoms with Crippen molar-refractivity contribution < 1.29 is 19.0 Å². The van der Waals surface area contributed by atoms with Crippen molar-refractivity contribution >= 4 is 16.8 Å². The highest BCUT2D eigenvalue weighted by molar-refractivity contribution is 5.95. The monoisotopic (exact) mass is 368 g/mol. The third-order valence-corrected chi connectivity index (χ3v) is 4.63. The molecule has 0 saturated heterocycles. The molecule has 1 aromatic heterocycles. The van der Waals surface area contributed by atoms with Gasteiger partial charge in [-0.25, -0.2) is 0 Å². The summed E-state index contributed by atoms with van der Waals surface area (Å²) in [4.78, 5) is 15.8. The van der Waals surface area contributed by atoms with Gasteiger partial charge in [0.05, 0.1) is 21.3 Å². The van der Waals surface area contributed by atoms with Gasteiger partial charge < -0.3 is 24.5 Å². The number of amides is 1. The summed E-state index contributed by atoms with van der Waals surface area (Å²) >= 11 is 0. The van der Waals surface area contributed by atoms with Crippen LogP contribution in [0.4, 0.5) is 0 Å². The van der Waals surface area contributed by atoms with Gasteiger partial charge in [-0.2, -0.15) is 0 Å². The van der Waals surface area contributed by atoms with E-state index in [0.29, 0.717) is 23.6 Å². The Bertz CT molecular complexity index is 962. The average Bonchev–Trinajstić information content (AvgIpc) is 3.01. The molecule has 142 valence electrons. The zero-order chi connectivity index (χ0) is 19.4. The molecule has 0 aliphatic carbocycles. The molecule has 3 rings (SSSR count). The van der Waals surface area contributed by atoms with E-state index < -0.39 is 0 Å². The minimum Gasteiger partial charge on any atom is -0.497 e. The number of nitrogens with one attached hydrogen (secondary N) is 2. The highest BCUT2D eigenvalue weighted by Crippen LogP contribution is 2.28. The van der Waals surface area contributed by atoms with E-state index in [4.69, 9.17) is 14.2 Å². The van der Waals surface area contributed by atoms with E-state index in [0.717, 1.165) is 28.8 Å². The van der Waals surface area contributed by atoms with Crippen LogP contribution < -0.4 is 19.5 Å². The van der Waals surface area contributed by atoms with Crippen molar-refractivity contribution in [2.75, 3.05) is 27.9 Å². The molecule has 2 N–H and O–H groups in total. The van der Waals surface area contributed by atoms with Gasteiger partial charge in [0, 0.05) is 28.7 Å². The summed E-state index contributed by atoms with van der Waals surface area (Å²) in [5.41, 5.74) is 3.87. The lowest BCUT2D eigenvalue weighted by Gasteiger charge is -2.10. The number of fused-ring (bicyclic) bond motifs is 1. The predicted molar refractivity (Wildman–Crippen MR) is 105 cm³/mol. The lowest BCUT2D eigenvalue weighted by Crippen LogP contribution is -2.25. The van der Waals surface area contributed by atoms with Crippen molar-refractivity contribution in [3.05, 3.63) is 53.2 Å². The first kappa shape index (κ1) is 18.6. The molecular formula is C21H24N2O4. The van der Waals surface area contributed by atoms with E-state index in [9.17, 15) is 4.79 Å². The van der Waals surface area contributed by atoms with Gasteiger partial charge in [-0.1, -0.05) is 0 Å². The Hall–Kier alpha value is -3.15. The van der Waals surface area contributed by atoms with Gasteiger partial charge in [-0.15, -0.1) is 0 Å². The number of aromatic nitrogens is 1. The van der Waals surface area contributed by atoms with E-state index in [1.807, 2.05) is 25.1 Å². The second-order valence-corrected chi connectivity index (χ2v) is 6.22. The van der Waals surface area contributed by atoms with Crippen LogP contribution in [0.3, 0.4) is 0 Å². The molecule has 2 aromatic carbocycles. The fourth-order valence-electron chi connectivity index (χ4n) is 3.19. The Kier molecular flexibility index (Phi) is 5.54. The molecule has 0 atom stereocenters. The van der Waals surface area contributed by atoms with Crippen molar-refractivity contribution in [1.29, 1.82) is 0 Å². The summed E-state index contributed by atoms with van der Waals surface area (Å²) < 4.78 is 15.8. The lowest BCUT2D eigenvalue weighted by molar-refractivity contribution is 0.0953. The van der Waals surface area contributed by atoms with Gasteiger partial charge >= 0.3 is 0 Å². The number of aromatic amines is 1. The van der Waals surface area contributed by atoms with Gasteiger partial charge in [0.1, 0.15) is 5.75 Å². The number of methoxy groups -OCH3 is 3. The van der Waals surface area contributed by atoms with Gasteiger partial charge in [0.25, 0.3) is 5.91 Å². The van der Waals surface area contributed by atoms with Crippen molar-refractivity contribution in [3.63, 3.8) is 0 Å². The van der Waals surface area contributed by atoms with Gasteiger partial charge in [0.15, 0.2) is 11.5 Å². The quantitative estimate of drug-likeness (QED) is 0.670. The first-order chi connectivity index (χ1) is 13.1. The summed E-state index contributed by atoms with van der Waals surface area (Å²) in [6, 6.07) is 11.1. The van der Waals surface area contributed by atoms with Crippen LogP contribution in [-0.4, -0.2) is 38.8 Å². The van der Waals surface area contributed by atoms with Crippen LogP contribution in [0.1, 0.15) is 21.6 Å². The van der Waals surface area contributed by atoms with Crippen LogP contribution >= 0.6 is 0 Å². The molecule has 0 unspecified atom stereocenters. The number of ether oxygens (including phenoxy) is 3. The van der Waals surface area contributed by atoms with E-state index >= 15 is 0 Å². The number of carbonyl (C=O) groups is 1. The molecule has 0 aliphatic rings. The van der Waals surface area contributed by atoms with E-state index in [-0.39, 0.29) is 5.91 Å². The zero-order valence-corrected chi connectivity index (χ0v) is 16.0. The normalized spacial score (nSPS) is 10.7. The van der Waals surface area contributed by atoms with Crippen LogP contribution in [-0.2, 0) is 6.42 Å². The van der Waals surface area contributed by atoms with Crippen LogP contribution in [0.25, 0.3) is 10.9 Å². The Labute approximate surface area is 158 Å². The molecular weight excluding hydrogens is 344 g/mol. The smallest absolute Gasteiger partial charge is 0.251 e.